The van der Waals surface area contributed by atoms with Crippen molar-refractivity contribution in [2.75, 3.05) is 5.75 Å². The van der Waals surface area contributed by atoms with E-state index in [0.717, 1.165) is 11.1 Å². The van der Waals surface area contributed by atoms with Gasteiger partial charge in [0.15, 0.2) is 0 Å². The van der Waals surface area contributed by atoms with E-state index in [4.69, 9.17) is 0 Å². The molecule has 2 amide bonds. The van der Waals surface area contributed by atoms with Gasteiger partial charge in [0.1, 0.15) is 11.4 Å². The molecule has 1 fully saturated rings. The quantitative estimate of drug-likeness (QED) is 0.902. The highest BCUT2D eigenvalue weighted by atomic mass is 32.2. The predicted molar refractivity (Wildman–Crippen MR) is 91.9 cm³/mol. The number of thiophene rings is 1. The Morgan fingerprint density at radius 3 is 3.09 bits per heavy atom. The van der Waals surface area contributed by atoms with Crippen LogP contribution in [0.25, 0.3) is 0 Å². The maximum absolute atomic E-state index is 12.4. The highest BCUT2D eigenvalue weighted by molar-refractivity contribution is 8.00. The summed E-state index contributed by atoms with van der Waals surface area (Å²) in [7, 11) is 0. The van der Waals surface area contributed by atoms with Crippen LogP contribution in [0.3, 0.4) is 0 Å². The molecular weight excluding hydrogens is 330 g/mol. The first-order valence-electron chi connectivity index (χ1n) is 7.28. The van der Waals surface area contributed by atoms with E-state index in [-0.39, 0.29) is 17.2 Å². The Labute approximate surface area is 143 Å². The Morgan fingerprint density at radius 1 is 1.52 bits per heavy atom. The maximum Gasteiger partial charge on any atom is 0.242 e. The molecular formula is C16H17N3O2S2. The van der Waals surface area contributed by atoms with Crippen LogP contribution in [0.2, 0.25) is 0 Å². The fourth-order valence-corrected chi connectivity index (χ4v) is 4.51. The summed E-state index contributed by atoms with van der Waals surface area (Å²) in [5.41, 5.74) is 2.02. The van der Waals surface area contributed by atoms with E-state index < -0.39 is 6.04 Å². The third-order valence-corrected chi connectivity index (χ3v) is 5.65. The van der Waals surface area contributed by atoms with Crippen LogP contribution in [0.4, 0.5) is 0 Å². The second-order valence-corrected chi connectivity index (χ2v) is 7.12. The molecule has 0 spiro atoms. The lowest BCUT2D eigenvalue weighted by Gasteiger charge is -2.29. The van der Waals surface area contributed by atoms with Crippen molar-refractivity contribution in [1.29, 1.82) is 0 Å². The van der Waals surface area contributed by atoms with Gasteiger partial charge in [0, 0.05) is 18.9 Å². The Kier molecular flexibility index (Phi) is 4.97. The van der Waals surface area contributed by atoms with E-state index in [1.54, 1.807) is 47.3 Å². The molecule has 0 aliphatic carbocycles. The van der Waals surface area contributed by atoms with E-state index in [1.165, 1.54) is 0 Å². The standard InChI is InChI=1S/C16H17N3O2S2/c1-11(15(21)18-8-12-3-2-5-17-7-12)19-14(20)10-23-16(19)13-4-6-22-9-13/h2-7,9,11,16H,8,10H2,1H3,(H,18,21). The minimum atomic E-state index is -0.501. The number of aromatic nitrogens is 1. The largest absolute Gasteiger partial charge is 0.350 e. The molecule has 23 heavy (non-hydrogen) atoms. The molecule has 0 saturated carbocycles. The van der Waals surface area contributed by atoms with E-state index in [9.17, 15) is 9.59 Å². The smallest absolute Gasteiger partial charge is 0.242 e. The van der Waals surface area contributed by atoms with Crippen molar-refractivity contribution in [2.24, 2.45) is 0 Å². The molecule has 3 heterocycles. The van der Waals surface area contributed by atoms with Gasteiger partial charge in [-0.15, -0.1) is 11.8 Å². The zero-order valence-electron chi connectivity index (χ0n) is 12.6. The van der Waals surface area contributed by atoms with Crippen molar-refractivity contribution in [1.82, 2.24) is 15.2 Å². The molecule has 1 aliphatic heterocycles. The fraction of sp³-hybridized carbons (Fsp3) is 0.312. The summed E-state index contributed by atoms with van der Waals surface area (Å²) in [6.45, 7) is 2.19. The molecule has 1 aliphatic rings. The lowest BCUT2D eigenvalue weighted by molar-refractivity contribution is -0.137. The SMILES string of the molecule is CC(C(=O)NCc1cccnc1)N1C(=O)CSC1c1ccsc1. The molecule has 3 rings (SSSR count). The van der Waals surface area contributed by atoms with Crippen LogP contribution in [0.1, 0.15) is 23.4 Å². The first-order valence-corrected chi connectivity index (χ1v) is 9.27. The highest BCUT2D eigenvalue weighted by Crippen LogP contribution is 2.40. The molecule has 120 valence electrons. The third-order valence-electron chi connectivity index (χ3n) is 3.72. The molecule has 0 radical (unpaired) electrons. The fourth-order valence-electron chi connectivity index (χ4n) is 2.49. The van der Waals surface area contributed by atoms with Gasteiger partial charge in [0.05, 0.1) is 5.75 Å². The van der Waals surface area contributed by atoms with Crippen LogP contribution < -0.4 is 5.32 Å². The number of pyridine rings is 1. The van der Waals surface area contributed by atoms with Crippen molar-refractivity contribution in [3.05, 3.63) is 52.5 Å². The van der Waals surface area contributed by atoms with Gasteiger partial charge in [-0.3, -0.25) is 14.6 Å². The molecule has 2 atom stereocenters. The number of thioether (sulfide) groups is 1. The van der Waals surface area contributed by atoms with E-state index >= 15 is 0 Å². The highest BCUT2D eigenvalue weighted by Gasteiger charge is 2.38. The average molecular weight is 347 g/mol. The molecule has 2 aromatic rings. The summed E-state index contributed by atoms with van der Waals surface area (Å²) < 4.78 is 0. The monoisotopic (exact) mass is 347 g/mol. The van der Waals surface area contributed by atoms with Crippen LogP contribution in [0.5, 0.6) is 0 Å². The molecule has 1 N–H and O–H groups in total. The summed E-state index contributed by atoms with van der Waals surface area (Å²) >= 11 is 3.17. The Balaban J connectivity index is 1.66. The molecule has 7 heteroatoms. The summed E-state index contributed by atoms with van der Waals surface area (Å²) in [4.78, 5) is 30.4. The molecule has 0 bridgehead atoms. The zero-order valence-corrected chi connectivity index (χ0v) is 14.3. The zero-order chi connectivity index (χ0) is 16.2. The summed E-state index contributed by atoms with van der Waals surface area (Å²) in [6.07, 6.45) is 3.41. The van der Waals surface area contributed by atoms with Crippen molar-refractivity contribution >= 4 is 34.9 Å². The van der Waals surface area contributed by atoms with Gasteiger partial charge in [-0.1, -0.05) is 6.07 Å². The van der Waals surface area contributed by atoms with Crippen molar-refractivity contribution in [2.45, 2.75) is 24.9 Å². The van der Waals surface area contributed by atoms with E-state index in [1.807, 2.05) is 29.0 Å². The Morgan fingerprint density at radius 2 is 2.39 bits per heavy atom. The normalized spacial score (nSPS) is 18.9. The molecule has 5 nitrogen and oxygen atoms in total. The number of hydrogen-bond donors (Lipinski definition) is 1. The number of carbonyl (C=O) groups excluding carboxylic acids is 2. The molecule has 1 saturated heterocycles. The summed E-state index contributed by atoms with van der Waals surface area (Å²) in [6, 6.07) is 5.24. The average Bonchev–Trinajstić information content (AvgIpc) is 3.22. The second kappa shape index (κ2) is 7.14. The van der Waals surface area contributed by atoms with Gasteiger partial charge < -0.3 is 10.2 Å². The molecule has 2 unspecified atom stereocenters. The first kappa shape index (κ1) is 16.0. The van der Waals surface area contributed by atoms with Crippen LogP contribution in [0.15, 0.2) is 41.4 Å². The van der Waals surface area contributed by atoms with Gasteiger partial charge in [0.2, 0.25) is 11.8 Å². The van der Waals surface area contributed by atoms with Gasteiger partial charge in [-0.25, -0.2) is 0 Å². The van der Waals surface area contributed by atoms with Gasteiger partial charge >= 0.3 is 0 Å². The van der Waals surface area contributed by atoms with Crippen molar-refractivity contribution in [3.8, 4) is 0 Å². The van der Waals surface area contributed by atoms with Crippen molar-refractivity contribution < 1.29 is 9.59 Å². The minimum absolute atomic E-state index is 0.00947. The number of amides is 2. The Hall–Kier alpha value is -1.86. The van der Waals surface area contributed by atoms with Crippen LogP contribution in [-0.4, -0.2) is 33.5 Å². The Bertz CT molecular complexity index is 676. The predicted octanol–water partition coefficient (Wildman–Crippen LogP) is 2.42. The third kappa shape index (κ3) is 3.56. The first-order chi connectivity index (χ1) is 11.2. The lowest BCUT2D eigenvalue weighted by atomic mass is 10.2. The van der Waals surface area contributed by atoms with Gasteiger partial charge in [-0.2, -0.15) is 11.3 Å². The number of carbonyl (C=O) groups is 2. The second-order valence-electron chi connectivity index (χ2n) is 5.28. The summed E-state index contributed by atoms with van der Waals surface area (Å²) in [5.74, 6) is 0.279. The van der Waals surface area contributed by atoms with Crippen LogP contribution in [0, 0.1) is 0 Å². The van der Waals surface area contributed by atoms with Crippen LogP contribution >= 0.6 is 23.1 Å². The van der Waals surface area contributed by atoms with Gasteiger partial charge in [0.25, 0.3) is 0 Å². The van der Waals surface area contributed by atoms with E-state index in [2.05, 4.69) is 10.3 Å². The number of hydrogen-bond acceptors (Lipinski definition) is 5. The van der Waals surface area contributed by atoms with E-state index in [0.29, 0.717) is 12.3 Å². The van der Waals surface area contributed by atoms with Gasteiger partial charge in [-0.05, 0) is 40.9 Å². The maximum atomic E-state index is 12.4. The topological polar surface area (TPSA) is 62.3 Å². The number of rotatable bonds is 5. The minimum Gasteiger partial charge on any atom is -0.350 e. The molecule has 0 aromatic carbocycles. The number of nitrogens with zero attached hydrogens (tertiary/aromatic N) is 2. The molecule has 2 aromatic heterocycles. The van der Waals surface area contributed by atoms with Crippen LogP contribution in [-0.2, 0) is 16.1 Å². The lowest BCUT2D eigenvalue weighted by Crippen LogP contribution is -2.46. The van der Waals surface area contributed by atoms with Crippen molar-refractivity contribution in [3.63, 3.8) is 0 Å². The number of nitrogens with one attached hydrogen (secondary N) is 1. The summed E-state index contributed by atoms with van der Waals surface area (Å²) in [5, 5.41) is 6.83.